The lowest BCUT2D eigenvalue weighted by atomic mass is 9.51. The van der Waals surface area contributed by atoms with Gasteiger partial charge in [-0.15, -0.1) is 0 Å². The maximum absolute atomic E-state index is 11.7. The zero-order valence-corrected chi connectivity index (χ0v) is 13.1. The number of allylic oxidation sites excluding steroid dienone is 4. The van der Waals surface area contributed by atoms with Crippen LogP contribution in [0.1, 0.15) is 46.0 Å². The van der Waals surface area contributed by atoms with E-state index in [0.29, 0.717) is 35.4 Å². The summed E-state index contributed by atoms with van der Waals surface area (Å²) < 4.78 is 0. The fourth-order valence-electron chi connectivity index (χ4n) is 6.21. The highest BCUT2D eigenvalue weighted by Gasteiger charge is 2.57. The first-order valence-electron chi connectivity index (χ1n) is 8.61. The molecule has 0 radical (unpaired) electrons. The molecule has 2 saturated carbocycles. The Morgan fingerprint density at radius 3 is 2.90 bits per heavy atom. The Bertz CT molecular complexity index is 532. The first kappa shape index (κ1) is 13.8. The van der Waals surface area contributed by atoms with E-state index < -0.39 is 0 Å². The molecule has 7 atom stereocenters. The third-order valence-corrected chi connectivity index (χ3v) is 7.12. The van der Waals surface area contributed by atoms with Crippen LogP contribution in [0.2, 0.25) is 0 Å². The molecule has 0 aromatic heterocycles. The maximum atomic E-state index is 11.7. The maximum Gasteiger partial charge on any atom is 0.155 e. The summed E-state index contributed by atoms with van der Waals surface area (Å²) in [5.41, 5.74) is 1.39. The third kappa shape index (κ3) is 1.84. The molecule has 7 unspecified atom stereocenters. The van der Waals surface area contributed by atoms with Gasteiger partial charge in [-0.05, 0) is 72.3 Å². The lowest BCUT2D eigenvalue weighted by Gasteiger charge is -2.54. The van der Waals surface area contributed by atoms with Crippen LogP contribution >= 0.6 is 0 Å². The minimum Gasteiger partial charge on any atom is -0.393 e. The molecule has 4 rings (SSSR count). The van der Waals surface area contributed by atoms with Crippen molar-refractivity contribution in [3.8, 4) is 0 Å². The molecule has 0 aromatic carbocycles. The normalized spacial score (nSPS) is 52.0. The first-order chi connectivity index (χ1) is 10.0. The van der Waals surface area contributed by atoms with Crippen molar-refractivity contribution in [2.45, 2.75) is 52.1 Å². The summed E-state index contributed by atoms with van der Waals surface area (Å²) in [6, 6.07) is 0. The van der Waals surface area contributed by atoms with Crippen molar-refractivity contribution < 1.29 is 9.90 Å². The molecular weight excluding hydrogens is 260 g/mol. The molecule has 4 aliphatic rings. The number of hydrogen-bond donors (Lipinski definition) is 1. The Kier molecular flexibility index (Phi) is 2.98. The summed E-state index contributed by atoms with van der Waals surface area (Å²) >= 11 is 0. The van der Waals surface area contributed by atoms with Crippen LogP contribution < -0.4 is 0 Å². The van der Waals surface area contributed by atoms with Gasteiger partial charge < -0.3 is 5.11 Å². The van der Waals surface area contributed by atoms with E-state index in [0.717, 1.165) is 25.7 Å². The summed E-state index contributed by atoms with van der Waals surface area (Å²) in [7, 11) is 0. The largest absolute Gasteiger partial charge is 0.393 e. The summed E-state index contributed by atoms with van der Waals surface area (Å²) in [5, 5.41) is 10.5. The fourth-order valence-corrected chi connectivity index (χ4v) is 6.21. The molecule has 21 heavy (non-hydrogen) atoms. The molecule has 4 aliphatic carbocycles. The quantitative estimate of drug-likeness (QED) is 0.740. The van der Waals surface area contributed by atoms with E-state index >= 15 is 0 Å². The summed E-state index contributed by atoms with van der Waals surface area (Å²) in [6.07, 6.45) is 11.4. The predicted octanol–water partition coefficient (Wildman–Crippen LogP) is 3.51. The Hall–Kier alpha value is -0.890. The van der Waals surface area contributed by atoms with Crippen molar-refractivity contribution in [2.75, 3.05) is 0 Å². The number of hydrogen-bond acceptors (Lipinski definition) is 2. The van der Waals surface area contributed by atoms with Crippen molar-refractivity contribution in [2.24, 2.45) is 35.0 Å². The van der Waals surface area contributed by atoms with Crippen molar-refractivity contribution in [3.63, 3.8) is 0 Å². The number of aliphatic hydroxyl groups is 1. The Morgan fingerprint density at radius 2 is 2.10 bits per heavy atom. The Balaban J connectivity index is 1.74. The molecule has 2 heteroatoms. The van der Waals surface area contributed by atoms with Gasteiger partial charge in [-0.25, -0.2) is 0 Å². The van der Waals surface area contributed by atoms with Crippen molar-refractivity contribution in [3.05, 3.63) is 23.8 Å². The van der Waals surface area contributed by atoms with Crippen LogP contribution in [0.5, 0.6) is 0 Å². The van der Waals surface area contributed by atoms with Gasteiger partial charge in [-0.1, -0.05) is 26.0 Å². The fraction of sp³-hybridized carbons (Fsp3) is 0.737. The van der Waals surface area contributed by atoms with E-state index in [9.17, 15) is 9.90 Å². The van der Waals surface area contributed by atoms with Gasteiger partial charge in [0, 0.05) is 6.42 Å². The minimum atomic E-state index is -0.121. The molecule has 114 valence electrons. The highest BCUT2D eigenvalue weighted by atomic mass is 16.3. The predicted molar refractivity (Wildman–Crippen MR) is 82.6 cm³/mol. The van der Waals surface area contributed by atoms with E-state index in [1.807, 2.05) is 6.08 Å². The lowest BCUT2D eigenvalue weighted by Crippen LogP contribution is -2.49. The van der Waals surface area contributed by atoms with Crippen LogP contribution in [-0.2, 0) is 4.79 Å². The second-order valence-electron chi connectivity index (χ2n) is 8.16. The van der Waals surface area contributed by atoms with Crippen LogP contribution in [0.25, 0.3) is 0 Å². The van der Waals surface area contributed by atoms with Crippen LogP contribution in [-0.4, -0.2) is 17.0 Å². The highest BCUT2D eigenvalue weighted by molar-refractivity contribution is 5.91. The Labute approximate surface area is 127 Å². The molecule has 0 bridgehead atoms. The summed E-state index contributed by atoms with van der Waals surface area (Å²) in [6.45, 7) is 4.68. The van der Waals surface area contributed by atoms with Crippen LogP contribution in [0.15, 0.2) is 23.8 Å². The minimum absolute atomic E-state index is 0.108. The smallest absolute Gasteiger partial charge is 0.155 e. The van der Waals surface area contributed by atoms with Crippen LogP contribution in [0.3, 0.4) is 0 Å². The molecule has 0 saturated heterocycles. The number of fused-ring (bicyclic) bond motifs is 5. The van der Waals surface area contributed by atoms with E-state index in [4.69, 9.17) is 0 Å². The average molecular weight is 286 g/mol. The molecule has 0 amide bonds. The van der Waals surface area contributed by atoms with Gasteiger partial charge in [-0.2, -0.15) is 0 Å². The molecule has 0 heterocycles. The lowest BCUT2D eigenvalue weighted by molar-refractivity contribution is -0.116. The Morgan fingerprint density at radius 1 is 1.29 bits per heavy atom. The molecule has 2 fully saturated rings. The van der Waals surface area contributed by atoms with Gasteiger partial charge in [0.05, 0.1) is 6.10 Å². The van der Waals surface area contributed by atoms with Gasteiger partial charge >= 0.3 is 0 Å². The third-order valence-electron chi connectivity index (χ3n) is 7.12. The SMILES string of the molecule is CC1CC2(C)C(O)CCC2C2C=CC3=CC(=O)CCC3C12. The number of carbonyl (C=O) groups is 1. The van der Waals surface area contributed by atoms with Crippen LogP contribution in [0, 0.1) is 35.0 Å². The second kappa shape index (κ2) is 4.55. The number of rotatable bonds is 0. The van der Waals surface area contributed by atoms with E-state index in [2.05, 4.69) is 26.0 Å². The van der Waals surface area contributed by atoms with Gasteiger partial charge in [-0.3, -0.25) is 4.79 Å². The average Bonchev–Trinajstić information content (AvgIpc) is 2.74. The van der Waals surface area contributed by atoms with E-state index in [1.165, 1.54) is 12.0 Å². The first-order valence-corrected chi connectivity index (χ1v) is 8.61. The molecule has 2 nitrogen and oxygen atoms in total. The number of aliphatic hydroxyl groups excluding tert-OH is 1. The molecular formula is C19H26O2. The van der Waals surface area contributed by atoms with Gasteiger partial charge in [0.25, 0.3) is 0 Å². The topological polar surface area (TPSA) is 37.3 Å². The zero-order chi connectivity index (χ0) is 14.8. The zero-order valence-electron chi connectivity index (χ0n) is 13.1. The second-order valence-corrected chi connectivity index (χ2v) is 8.16. The highest BCUT2D eigenvalue weighted by Crippen LogP contribution is 2.61. The number of carbonyl (C=O) groups excluding carboxylic acids is 1. The standard InChI is InChI=1S/C19H26O2/c1-11-10-19(2)16(7-8-17(19)21)15-5-3-12-9-13(20)4-6-14(12)18(11)15/h3,5,9,11,14-18,21H,4,6-8,10H2,1-2H3. The van der Waals surface area contributed by atoms with Gasteiger partial charge in [0.1, 0.15) is 0 Å². The summed E-state index contributed by atoms with van der Waals surface area (Å²) in [4.78, 5) is 11.7. The van der Waals surface area contributed by atoms with Crippen molar-refractivity contribution >= 4 is 5.78 Å². The van der Waals surface area contributed by atoms with E-state index in [1.54, 1.807) is 0 Å². The van der Waals surface area contributed by atoms with Crippen LogP contribution in [0.4, 0.5) is 0 Å². The van der Waals surface area contributed by atoms with Crippen molar-refractivity contribution in [1.29, 1.82) is 0 Å². The monoisotopic (exact) mass is 286 g/mol. The van der Waals surface area contributed by atoms with Gasteiger partial charge in [0.2, 0.25) is 0 Å². The number of ketones is 1. The molecule has 1 N–H and O–H groups in total. The van der Waals surface area contributed by atoms with E-state index in [-0.39, 0.29) is 11.5 Å². The molecule has 0 aliphatic heterocycles. The summed E-state index contributed by atoms with van der Waals surface area (Å²) in [5.74, 6) is 3.42. The molecule has 0 spiro atoms. The van der Waals surface area contributed by atoms with Crippen molar-refractivity contribution in [1.82, 2.24) is 0 Å². The molecule has 0 aromatic rings. The van der Waals surface area contributed by atoms with Gasteiger partial charge in [0.15, 0.2) is 5.78 Å².